The quantitative estimate of drug-likeness (QED) is 0.785. The Morgan fingerprint density at radius 2 is 1.76 bits per heavy atom. The van der Waals surface area contributed by atoms with Crippen LogP contribution in [0.5, 0.6) is 0 Å². The van der Waals surface area contributed by atoms with Gasteiger partial charge in [-0.1, -0.05) is 30.3 Å². The largest absolute Gasteiger partial charge is 0.475 e. The van der Waals surface area contributed by atoms with Gasteiger partial charge in [0.25, 0.3) is 0 Å². The van der Waals surface area contributed by atoms with Crippen molar-refractivity contribution in [2.45, 2.75) is 6.04 Å². The van der Waals surface area contributed by atoms with Gasteiger partial charge in [-0.25, -0.2) is 4.99 Å². The standard InChI is InChI=1S/C14H12N2O/c1-2-4-11(5-3-1)13-10-17-14(16-13)12-6-8-15-9-7-12/h1-9,13H,10H2. The third-order valence-corrected chi connectivity index (χ3v) is 2.76. The summed E-state index contributed by atoms with van der Waals surface area (Å²) in [5, 5.41) is 0. The van der Waals surface area contributed by atoms with Crippen molar-refractivity contribution in [2.24, 2.45) is 4.99 Å². The molecule has 3 rings (SSSR count). The van der Waals surface area contributed by atoms with E-state index < -0.39 is 0 Å². The maximum absolute atomic E-state index is 5.63. The summed E-state index contributed by atoms with van der Waals surface area (Å²) in [5.41, 5.74) is 2.18. The van der Waals surface area contributed by atoms with Crippen molar-refractivity contribution in [1.82, 2.24) is 4.98 Å². The Hall–Kier alpha value is -2.16. The number of hydrogen-bond acceptors (Lipinski definition) is 3. The van der Waals surface area contributed by atoms with Crippen LogP contribution in [-0.4, -0.2) is 17.5 Å². The van der Waals surface area contributed by atoms with E-state index in [0.29, 0.717) is 12.5 Å². The Labute approximate surface area is 99.8 Å². The topological polar surface area (TPSA) is 34.5 Å². The van der Waals surface area contributed by atoms with Crippen LogP contribution in [0.3, 0.4) is 0 Å². The number of benzene rings is 1. The minimum Gasteiger partial charge on any atom is -0.475 e. The first kappa shape index (κ1) is 10.0. The smallest absolute Gasteiger partial charge is 0.217 e. The molecule has 2 heterocycles. The molecule has 0 radical (unpaired) electrons. The Bertz CT molecular complexity index is 522. The lowest BCUT2D eigenvalue weighted by Crippen LogP contribution is -2.01. The highest BCUT2D eigenvalue weighted by molar-refractivity contribution is 5.95. The van der Waals surface area contributed by atoms with Gasteiger partial charge in [-0.3, -0.25) is 4.98 Å². The van der Waals surface area contributed by atoms with Gasteiger partial charge in [-0.2, -0.15) is 0 Å². The minimum atomic E-state index is 0.111. The van der Waals surface area contributed by atoms with Gasteiger partial charge in [0.05, 0.1) is 0 Å². The summed E-state index contributed by atoms with van der Waals surface area (Å²) < 4.78 is 5.63. The van der Waals surface area contributed by atoms with Gasteiger partial charge >= 0.3 is 0 Å². The Morgan fingerprint density at radius 1 is 1.00 bits per heavy atom. The Morgan fingerprint density at radius 3 is 2.53 bits per heavy atom. The van der Waals surface area contributed by atoms with E-state index >= 15 is 0 Å². The highest BCUT2D eigenvalue weighted by atomic mass is 16.5. The number of pyridine rings is 1. The van der Waals surface area contributed by atoms with Crippen molar-refractivity contribution in [3.63, 3.8) is 0 Å². The molecule has 17 heavy (non-hydrogen) atoms. The average molecular weight is 224 g/mol. The summed E-state index contributed by atoms with van der Waals surface area (Å²) in [4.78, 5) is 8.58. The summed E-state index contributed by atoms with van der Waals surface area (Å²) in [5.74, 6) is 0.709. The summed E-state index contributed by atoms with van der Waals surface area (Å²) in [6, 6.07) is 14.1. The van der Waals surface area contributed by atoms with E-state index in [0.717, 1.165) is 5.56 Å². The molecule has 0 aliphatic carbocycles. The summed E-state index contributed by atoms with van der Waals surface area (Å²) in [6.45, 7) is 0.613. The molecule has 1 aliphatic heterocycles. The fourth-order valence-corrected chi connectivity index (χ4v) is 1.87. The molecular weight excluding hydrogens is 212 g/mol. The fourth-order valence-electron chi connectivity index (χ4n) is 1.87. The van der Waals surface area contributed by atoms with Crippen LogP contribution < -0.4 is 0 Å². The molecular formula is C14H12N2O. The minimum absolute atomic E-state index is 0.111. The van der Waals surface area contributed by atoms with Crippen LogP contribution in [0, 0.1) is 0 Å². The highest BCUT2D eigenvalue weighted by Crippen LogP contribution is 2.24. The molecule has 1 atom stereocenters. The number of ether oxygens (including phenoxy) is 1. The second-order valence-electron chi connectivity index (χ2n) is 3.91. The van der Waals surface area contributed by atoms with Gasteiger partial charge in [-0.15, -0.1) is 0 Å². The average Bonchev–Trinajstić information content (AvgIpc) is 2.90. The van der Waals surface area contributed by atoms with E-state index in [2.05, 4.69) is 22.1 Å². The third kappa shape index (κ3) is 2.04. The lowest BCUT2D eigenvalue weighted by atomic mass is 10.1. The van der Waals surface area contributed by atoms with Crippen LogP contribution >= 0.6 is 0 Å². The highest BCUT2D eigenvalue weighted by Gasteiger charge is 2.21. The number of rotatable bonds is 2. The van der Waals surface area contributed by atoms with E-state index in [1.54, 1.807) is 12.4 Å². The lowest BCUT2D eigenvalue weighted by Gasteiger charge is -2.03. The van der Waals surface area contributed by atoms with Crippen LogP contribution in [0.1, 0.15) is 17.2 Å². The van der Waals surface area contributed by atoms with Crippen molar-refractivity contribution in [2.75, 3.05) is 6.61 Å². The van der Waals surface area contributed by atoms with Crippen LogP contribution in [0.25, 0.3) is 0 Å². The molecule has 0 saturated heterocycles. The molecule has 3 heteroatoms. The SMILES string of the molecule is c1ccc(C2COC(c3ccncc3)=N2)cc1. The van der Waals surface area contributed by atoms with Gasteiger partial charge < -0.3 is 4.74 Å². The molecule has 1 aromatic carbocycles. The van der Waals surface area contributed by atoms with Crippen LogP contribution in [0.2, 0.25) is 0 Å². The molecule has 1 aliphatic rings. The molecule has 0 amide bonds. The second kappa shape index (κ2) is 4.37. The van der Waals surface area contributed by atoms with E-state index in [9.17, 15) is 0 Å². The van der Waals surface area contributed by atoms with Crippen molar-refractivity contribution in [3.8, 4) is 0 Å². The monoisotopic (exact) mass is 224 g/mol. The summed E-state index contributed by atoms with van der Waals surface area (Å²) in [6.07, 6.45) is 3.49. The van der Waals surface area contributed by atoms with Gasteiger partial charge in [0.1, 0.15) is 12.6 Å². The van der Waals surface area contributed by atoms with Gasteiger partial charge in [0.2, 0.25) is 5.90 Å². The molecule has 0 spiro atoms. The fraction of sp³-hybridized carbons (Fsp3) is 0.143. The molecule has 84 valence electrons. The zero-order chi connectivity index (χ0) is 11.5. The third-order valence-electron chi connectivity index (χ3n) is 2.76. The number of aliphatic imine (C=N–C) groups is 1. The first-order valence-electron chi connectivity index (χ1n) is 5.59. The molecule has 1 aromatic heterocycles. The predicted molar refractivity (Wildman–Crippen MR) is 65.9 cm³/mol. The van der Waals surface area contributed by atoms with E-state index in [-0.39, 0.29) is 6.04 Å². The second-order valence-corrected chi connectivity index (χ2v) is 3.91. The van der Waals surface area contributed by atoms with Crippen molar-refractivity contribution in [1.29, 1.82) is 0 Å². The molecule has 1 unspecified atom stereocenters. The van der Waals surface area contributed by atoms with E-state index in [1.165, 1.54) is 5.56 Å². The number of nitrogens with zero attached hydrogens (tertiary/aromatic N) is 2. The Kier molecular flexibility index (Phi) is 2.58. The maximum atomic E-state index is 5.63. The van der Waals surface area contributed by atoms with Gasteiger partial charge in [-0.05, 0) is 17.7 Å². The van der Waals surface area contributed by atoms with Crippen molar-refractivity contribution in [3.05, 3.63) is 66.0 Å². The van der Waals surface area contributed by atoms with Gasteiger partial charge in [0.15, 0.2) is 0 Å². The van der Waals surface area contributed by atoms with Crippen molar-refractivity contribution >= 4 is 5.90 Å². The maximum Gasteiger partial charge on any atom is 0.217 e. The number of aromatic nitrogens is 1. The van der Waals surface area contributed by atoms with Crippen molar-refractivity contribution < 1.29 is 4.74 Å². The van der Waals surface area contributed by atoms with Crippen LogP contribution in [0.15, 0.2) is 59.9 Å². The zero-order valence-corrected chi connectivity index (χ0v) is 9.28. The normalized spacial score (nSPS) is 18.6. The van der Waals surface area contributed by atoms with E-state index in [4.69, 9.17) is 4.74 Å². The number of hydrogen-bond donors (Lipinski definition) is 0. The summed E-state index contributed by atoms with van der Waals surface area (Å²) in [7, 11) is 0. The first-order chi connectivity index (χ1) is 8.43. The molecule has 0 saturated carbocycles. The van der Waals surface area contributed by atoms with E-state index in [1.807, 2.05) is 30.3 Å². The molecule has 0 N–H and O–H groups in total. The first-order valence-corrected chi connectivity index (χ1v) is 5.59. The van der Waals surface area contributed by atoms with Crippen LogP contribution in [-0.2, 0) is 4.74 Å². The summed E-state index contributed by atoms with van der Waals surface area (Å²) >= 11 is 0. The molecule has 0 bridgehead atoms. The molecule has 2 aromatic rings. The van der Waals surface area contributed by atoms with Gasteiger partial charge in [0, 0.05) is 18.0 Å². The van der Waals surface area contributed by atoms with Crippen LogP contribution in [0.4, 0.5) is 0 Å². The zero-order valence-electron chi connectivity index (χ0n) is 9.28. The molecule has 3 nitrogen and oxygen atoms in total. The lowest BCUT2D eigenvalue weighted by molar-refractivity contribution is 0.320. The predicted octanol–water partition coefficient (Wildman–Crippen LogP) is 2.60. The molecule has 0 fully saturated rings. The Balaban J connectivity index is 1.87.